The normalized spacial score (nSPS) is 10.9. The zero-order valence-corrected chi connectivity index (χ0v) is 15.2. The molecule has 25 heavy (non-hydrogen) atoms. The Morgan fingerprint density at radius 3 is 2.40 bits per heavy atom. The molecule has 0 radical (unpaired) electrons. The number of hydrogen-bond acceptors (Lipinski definition) is 2. The fraction of sp³-hybridized carbons (Fsp3) is 0.200. The number of benzene rings is 2. The Morgan fingerprint density at radius 1 is 1.08 bits per heavy atom. The van der Waals surface area contributed by atoms with Gasteiger partial charge in [0.15, 0.2) is 0 Å². The molecule has 0 saturated heterocycles. The number of nitrogens with one attached hydrogen (secondary N) is 2. The number of carbonyl (C=O) groups is 2. The molecule has 0 aliphatic carbocycles. The van der Waals surface area contributed by atoms with Gasteiger partial charge in [0.1, 0.15) is 0 Å². The van der Waals surface area contributed by atoms with Crippen LogP contribution in [0.3, 0.4) is 0 Å². The second kappa shape index (κ2) is 8.49. The fourth-order valence-electron chi connectivity index (χ4n) is 2.21. The van der Waals surface area contributed by atoms with Gasteiger partial charge in [-0.15, -0.1) is 0 Å². The van der Waals surface area contributed by atoms with E-state index in [1.807, 2.05) is 39.0 Å². The molecule has 2 aromatic rings. The number of rotatable bonds is 5. The molecule has 130 valence electrons. The molecule has 0 unspecified atom stereocenters. The standard InChI is InChI=1S/C20H21ClN2O2/c1-13(2)22-20(25)18-12-17(10-4-14(18)3)23-19(24)11-7-15-5-8-16(21)9-6-15/h4-13H,1-3H3,(H,22,25)(H,23,24). The summed E-state index contributed by atoms with van der Waals surface area (Å²) in [5.74, 6) is -0.422. The average molecular weight is 357 g/mol. The van der Waals surface area contributed by atoms with E-state index in [0.29, 0.717) is 16.3 Å². The van der Waals surface area contributed by atoms with Gasteiger partial charge >= 0.3 is 0 Å². The summed E-state index contributed by atoms with van der Waals surface area (Å²) in [6.45, 7) is 5.67. The van der Waals surface area contributed by atoms with Gasteiger partial charge in [-0.2, -0.15) is 0 Å². The third-order valence-electron chi connectivity index (χ3n) is 3.47. The molecule has 0 fully saturated rings. The van der Waals surface area contributed by atoms with Gasteiger partial charge in [-0.05, 0) is 62.2 Å². The van der Waals surface area contributed by atoms with Crippen LogP contribution in [0.5, 0.6) is 0 Å². The minimum absolute atomic E-state index is 0.0486. The van der Waals surface area contributed by atoms with E-state index < -0.39 is 0 Å². The van der Waals surface area contributed by atoms with Crippen molar-refractivity contribution in [2.75, 3.05) is 5.32 Å². The van der Waals surface area contributed by atoms with Crippen LogP contribution >= 0.6 is 11.6 Å². The zero-order chi connectivity index (χ0) is 18.4. The summed E-state index contributed by atoms with van der Waals surface area (Å²) in [5, 5.41) is 6.27. The van der Waals surface area contributed by atoms with Crippen LogP contribution in [0.2, 0.25) is 5.02 Å². The maximum Gasteiger partial charge on any atom is 0.251 e. The molecular formula is C20H21ClN2O2. The smallest absolute Gasteiger partial charge is 0.251 e. The Labute approximate surface area is 152 Å². The van der Waals surface area contributed by atoms with Crippen LogP contribution in [0.25, 0.3) is 6.08 Å². The number of aryl methyl sites for hydroxylation is 1. The molecule has 0 atom stereocenters. The first-order valence-corrected chi connectivity index (χ1v) is 8.39. The van der Waals surface area contributed by atoms with Gasteiger partial charge in [0.05, 0.1) is 0 Å². The highest BCUT2D eigenvalue weighted by Gasteiger charge is 2.11. The lowest BCUT2D eigenvalue weighted by Gasteiger charge is -2.12. The molecule has 0 saturated carbocycles. The van der Waals surface area contributed by atoms with E-state index in [9.17, 15) is 9.59 Å². The lowest BCUT2D eigenvalue weighted by atomic mass is 10.1. The van der Waals surface area contributed by atoms with Crippen molar-refractivity contribution in [1.82, 2.24) is 5.32 Å². The third-order valence-corrected chi connectivity index (χ3v) is 3.72. The number of carbonyl (C=O) groups excluding carboxylic acids is 2. The van der Waals surface area contributed by atoms with Crippen LogP contribution in [-0.4, -0.2) is 17.9 Å². The van der Waals surface area contributed by atoms with Crippen LogP contribution < -0.4 is 10.6 Å². The second-order valence-electron chi connectivity index (χ2n) is 6.03. The number of anilines is 1. The van der Waals surface area contributed by atoms with Gasteiger partial charge in [-0.1, -0.05) is 29.8 Å². The Morgan fingerprint density at radius 2 is 1.76 bits per heavy atom. The molecule has 2 rings (SSSR count). The maximum absolute atomic E-state index is 12.2. The number of amides is 2. The minimum atomic E-state index is -0.269. The monoisotopic (exact) mass is 356 g/mol. The van der Waals surface area contributed by atoms with E-state index >= 15 is 0 Å². The van der Waals surface area contributed by atoms with Gasteiger partial charge in [-0.3, -0.25) is 9.59 Å². The zero-order valence-electron chi connectivity index (χ0n) is 14.5. The first-order valence-electron chi connectivity index (χ1n) is 8.01. The minimum Gasteiger partial charge on any atom is -0.350 e. The lowest BCUT2D eigenvalue weighted by Crippen LogP contribution is -2.30. The highest BCUT2D eigenvalue weighted by atomic mass is 35.5. The average Bonchev–Trinajstić information content (AvgIpc) is 2.55. The van der Waals surface area contributed by atoms with Gasteiger partial charge in [0.2, 0.25) is 5.91 Å². The molecule has 0 aliphatic rings. The van der Waals surface area contributed by atoms with Gasteiger partial charge < -0.3 is 10.6 Å². The van der Waals surface area contributed by atoms with Crippen molar-refractivity contribution < 1.29 is 9.59 Å². The molecule has 0 aromatic heterocycles. The highest BCUT2D eigenvalue weighted by molar-refractivity contribution is 6.30. The fourth-order valence-corrected chi connectivity index (χ4v) is 2.34. The highest BCUT2D eigenvalue weighted by Crippen LogP contribution is 2.16. The Hall–Kier alpha value is -2.59. The number of hydrogen-bond donors (Lipinski definition) is 2. The SMILES string of the molecule is Cc1ccc(NC(=O)C=Cc2ccc(Cl)cc2)cc1C(=O)NC(C)C. The Kier molecular flexibility index (Phi) is 6.37. The van der Waals surface area contributed by atoms with E-state index in [-0.39, 0.29) is 17.9 Å². The molecule has 0 aliphatic heterocycles. The lowest BCUT2D eigenvalue weighted by molar-refractivity contribution is -0.111. The van der Waals surface area contributed by atoms with Crippen molar-refractivity contribution in [3.05, 3.63) is 70.3 Å². The van der Waals surface area contributed by atoms with E-state index in [0.717, 1.165) is 11.1 Å². The second-order valence-corrected chi connectivity index (χ2v) is 6.47. The molecule has 5 heteroatoms. The molecule has 0 heterocycles. The van der Waals surface area contributed by atoms with Gasteiger partial charge in [0.25, 0.3) is 5.91 Å². The summed E-state index contributed by atoms with van der Waals surface area (Å²) >= 11 is 5.83. The van der Waals surface area contributed by atoms with Crippen LogP contribution in [0.4, 0.5) is 5.69 Å². The molecular weight excluding hydrogens is 336 g/mol. The van der Waals surface area contributed by atoms with Crippen molar-refractivity contribution in [1.29, 1.82) is 0 Å². The number of halogens is 1. The molecule has 2 amide bonds. The first-order chi connectivity index (χ1) is 11.8. The molecule has 0 spiro atoms. The van der Waals surface area contributed by atoms with Crippen molar-refractivity contribution in [3.63, 3.8) is 0 Å². The predicted octanol–water partition coefficient (Wildman–Crippen LogP) is 4.44. The van der Waals surface area contributed by atoms with Crippen LogP contribution in [0, 0.1) is 6.92 Å². The quantitative estimate of drug-likeness (QED) is 0.778. The predicted molar refractivity (Wildman–Crippen MR) is 103 cm³/mol. The molecule has 2 N–H and O–H groups in total. The maximum atomic E-state index is 12.2. The van der Waals surface area contributed by atoms with E-state index in [1.165, 1.54) is 6.08 Å². The van der Waals surface area contributed by atoms with Gasteiger partial charge in [0, 0.05) is 28.4 Å². The topological polar surface area (TPSA) is 58.2 Å². The summed E-state index contributed by atoms with van der Waals surface area (Å²) in [4.78, 5) is 24.3. The van der Waals surface area contributed by atoms with Crippen LogP contribution in [0.15, 0.2) is 48.5 Å². The summed E-state index contributed by atoms with van der Waals surface area (Å²) < 4.78 is 0. The van der Waals surface area contributed by atoms with E-state index in [2.05, 4.69) is 10.6 Å². The summed E-state index contributed by atoms with van der Waals surface area (Å²) in [7, 11) is 0. The Bertz CT molecular complexity index is 796. The summed E-state index contributed by atoms with van der Waals surface area (Å²) in [6.07, 6.45) is 3.14. The van der Waals surface area contributed by atoms with Crippen molar-refractivity contribution in [2.24, 2.45) is 0 Å². The van der Waals surface area contributed by atoms with E-state index in [4.69, 9.17) is 11.6 Å². The van der Waals surface area contributed by atoms with Crippen molar-refractivity contribution in [3.8, 4) is 0 Å². The van der Waals surface area contributed by atoms with Crippen molar-refractivity contribution >= 4 is 35.2 Å². The van der Waals surface area contributed by atoms with Crippen molar-refractivity contribution in [2.45, 2.75) is 26.8 Å². The summed E-state index contributed by atoms with van der Waals surface area (Å²) in [6, 6.07) is 12.5. The largest absolute Gasteiger partial charge is 0.350 e. The molecule has 2 aromatic carbocycles. The Balaban J connectivity index is 2.07. The molecule has 0 bridgehead atoms. The van der Waals surface area contributed by atoms with Crippen LogP contribution in [-0.2, 0) is 4.79 Å². The molecule has 4 nitrogen and oxygen atoms in total. The van der Waals surface area contributed by atoms with Crippen LogP contribution in [0.1, 0.15) is 35.3 Å². The van der Waals surface area contributed by atoms with E-state index in [1.54, 1.807) is 30.3 Å². The third kappa shape index (κ3) is 5.76. The summed E-state index contributed by atoms with van der Waals surface area (Å²) in [5.41, 5.74) is 2.85. The first kappa shape index (κ1) is 18.7. The van der Waals surface area contributed by atoms with Gasteiger partial charge in [-0.25, -0.2) is 0 Å².